The van der Waals surface area contributed by atoms with Gasteiger partial charge in [0.1, 0.15) is 0 Å². The predicted octanol–water partition coefficient (Wildman–Crippen LogP) is 4.11. The van der Waals surface area contributed by atoms with Gasteiger partial charge in [0.25, 0.3) is 0 Å². The van der Waals surface area contributed by atoms with E-state index in [-0.39, 0.29) is 5.97 Å². The maximum absolute atomic E-state index is 12.1. The zero-order chi connectivity index (χ0) is 20.3. The average molecular weight is 388 g/mol. The van der Waals surface area contributed by atoms with Crippen LogP contribution in [0.15, 0.2) is 41.9 Å². The summed E-state index contributed by atoms with van der Waals surface area (Å²) in [6.07, 6.45) is 2.32. The Morgan fingerprint density at radius 2 is 1.67 bits per heavy atom. The van der Waals surface area contributed by atoms with Crippen molar-refractivity contribution in [1.29, 1.82) is 0 Å². The molecule has 4 nitrogen and oxygen atoms in total. The van der Waals surface area contributed by atoms with E-state index in [0.717, 1.165) is 17.9 Å². The van der Waals surface area contributed by atoms with Crippen LogP contribution in [0.3, 0.4) is 0 Å². The van der Waals surface area contributed by atoms with Gasteiger partial charge in [0.15, 0.2) is 0 Å². The monoisotopic (exact) mass is 388 g/mol. The van der Waals surface area contributed by atoms with Crippen molar-refractivity contribution in [3.63, 3.8) is 0 Å². The molecule has 0 N–H and O–H groups in total. The Labute approximate surface area is 165 Å². The molecular weight excluding hydrogens is 355 g/mol. The van der Waals surface area contributed by atoms with Crippen molar-refractivity contribution in [1.82, 2.24) is 0 Å². The normalized spacial score (nSPS) is 19.2. The average Bonchev–Trinajstić information content (AvgIpc) is 2.80. The smallest absolute Gasteiger partial charge is 0.463 e. The second-order valence-corrected chi connectivity index (χ2v) is 13.7. The first-order chi connectivity index (χ1) is 12.5. The molecule has 0 aromatic heterocycles. The molecule has 1 aliphatic rings. The maximum atomic E-state index is 12.1. The molecule has 148 valence electrons. The van der Waals surface area contributed by atoms with Crippen molar-refractivity contribution in [2.24, 2.45) is 0 Å². The van der Waals surface area contributed by atoms with Crippen molar-refractivity contribution in [2.45, 2.75) is 71.4 Å². The summed E-state index contributed by atoms with van der Waals surface area (Å²) in [5, 5.41) is 1.41. The van der Waals surface area contributed by atoms with Crippen LogP contribution in [0.2, 0.25) is 19.1 Å². The quantitative estimate of drug-likeness (QED) is 0.401. The number of hydrogen-bond donors (Lipinski definition) is 0. The Morgan fingerprint density at radius 3 is 2.19 bits per heavy atom. The van der Waals surface area contributed by atoms with Crippen LogP contribution in [0.5, 0.6) is 0 Å². The molecule has 27 heavy (non-hydrogen) atoms. The second-order valence-electron chi connectivity index (χ2n) is 8.81. The van der Waals surface area contributed by atoms with Crippen molar-refractivity contribution >= 4 is 26.3 Å². The molecule has 0 aliphatic carbocycles. The van der Waals surface area contributed by atoms with Gasteiger partial charge in [-0.15, -0.1) is 0 Å². The van der Waals surface area contributed by atoms with Gasteiger partial charge in [0.05, 0.1) is 25.9 Å². The summed E-state index contributed by atoms with van der Waals surface area (Å²) in [4.78, 5) is 12.1. The van der Waals surface area contributed by atoms with Crippen LogP contribution in [0, 0.1) is 0 Å². The van der Waals surface area contributed by atoms with E-state index < -0.39 is 26.4 Å². The third kappa shape index (κ3) is 5.33. The van der Waals surface area contributed by atoms with E-state index in [2.05, 4.69) is 37.4 Å². The van der Waals surface area contributed by atoms with Gasteiger partial charge in [-0.25, -0.2) is 4.79 Å². The third-order valence-electron chi connectivity index (χ3n) is 5.74. The van der Waals surface area contributed by atoms with Gasteiger partial charge in [-0.2, -0.15) is 0 Å². The molecule has 0 spiro atoms. The summed E-state index contributed by atoms with van der Waals surface area (Å²) >= 11 is 0. The van der Waals surface area contributed by atoms with Crippen LogP contribution >= 0.6 is 0 Å². The Morgan fingerprint density at radius 1 is 1.11 bits per heavy atom. The molecule has 1 aromatic carbocycles. The van der Waals surface area contributed by atoms with E-state index in [1.54, 1.807) is 6.08 Å². The first-order valence-corrected chi connectivity index (χ1v) is 13.0. The van der Waals surface area contributed by atoms with Gasteiger partial charge in [-0.3, -0.25) is 0 Å². The van der Waals surface area contributed by atoms with Gasteiger partial charge in [-0.1, -0.05) is 54.7 Å². The summed E-state index contributed by atoms with van der Waals surface area (Å²) in [5.74, 6) is -0.332. The Kier molecular flexibility index (Phi) is 6.77. The zero-order valence-electron chi connectivity index (χ0n) is 17.8. The number of carbonyl (C=O) groups is 1. The van der Waals surface area contributed by atoms with Crippen LogP contribution in [-0.2, 0) is 18.8 Å². The lowest BCUT2D eigenvalue weighted by atomic mass is 9.76. The highest BCUT2D eigenvalue weighted by molar-refractivity contribution is 6.89. The van der Waals surface area contributed by atoms with E-state index in [9.17, 15) is 4.79 Å². The number of benzene rings is 1. The molecule has 0 bridgehead atoms. The Hall–Kier alpha value is -1.37. The molecule has 0 atom stereocenters. The van der Waals surface area contributed by atoms with E-state index in [1.807, 2.05) is 40.7 Å². The number of rotatable bonds is 7. The highest BCUT2D eigenvalue weighted by Gasteiger charge is 2.52. The lowest BCUT2D eigenvalue weighted by Crippen LogP contribution is -2.41. The molecule has 2 rings (SSSR count). The molecule has 1 aromatic rings. The highest BCUT2D eigenvalue weighted by Crippen LogP contribution is 2.39. The van der Waals surface area contributed by atoms with Crippen molar-refractivity contribution in [2.75, 3.05) is 6.61 Å². The fraction of sp³-hybridized carbons (Fsp3) is 0.571. The number of allylic oxidation sites excluding steroid dienone is 1. The van der Waals surface area contributed by atoms with Crippen molar-refractivity contribution in [3.8, 4) is 0 Å². The zero-order valence-corrected chi connectivity index (χ0v) is 18.8. The number of hydrogen-bond acceptors (Lipinski definition) is 4. The van der Waals surface area contributed by atoms with Gasteiger partial charge in [-0.05, 0) is 46.5 Å². The molecular formula is C21H33BO4Si. The largest absolute Gasteiger partial charge is 0.490 e. The lowest BCUT2D eigenvalue weighted by molar-refractivity contribution is -0.137. The minimum Gasteiger partial charge on any atom is -0.463 e. The predicted molar refractivity (Wildman–Crippen MR) is 114 cm³/mol. The van der Waals surface area contributed by atoms with Crippen molar-refractivity contribution in [3.05, 3.63) is 41.9 Å². The number of esters is 1. The van der Waals surface area contributed by atoms with Crippen LogP contribution < -0.4 is 5.19 Å². The Bertz CT molecular complexity index is 667. The molecule has 1 fully saturated rings. The molecule has 1 aliphatic heterocycles. The minimum absolute atomic E-state index is 0.332. The Balaban J connectivity index is 2.20. The molecule has 0 radical (unpaired) electrons. The second kappa shape index (κ2) is 8.33. The van der Waals surface area contributed by atoms with E-state index >= 15 is 0 Å². The third-order valence-corrected chi connectivity index (χ3v) is 9.14. The lowest BCUT2D eigenvalue weighted by Gasteiger charge is -2.32. The van der Waals surface area contributed by atoms with Crippen molar-refractivity contribution < 1.29 is 18.8 Å². The molecule has 0 saturated carbocycles. The van der Waals surface area contributed by atoms with Crippen LogP contribution in [-0.4, -0.2) is 39.0 Å². The first kappa shape index (κ1) is 21.9. The number of carbonyl (C=O) groups excluding carboxylic acids is 1. The fourth-order valence-electron chi connectivity index (χ4n) is 3.08. The summed E-state index contributed by atoms with van der Waals surface area (Å²) in [6.45, 7) is 15.0. The fourth-order valence-corrected chi connectivity index (χ4v) is 5.38. The first-order valence-electron chi connectivity index (χ1n) is 9.77. The summed E-state index contributed by atoms with van der Waals surface area (Å²) in [6, 6.07) is 11.6. The van der Waals surface area contributed by atoms with Gasteiger partial charge >= 0.3 is 13.1 Å². The standard InChI is InChI=1S/C21H33BO4Si/c1-8-24-19(23)16-17(22-25-20(2,3)21(4,5)26-22)14-15-27(6,7)18-12-10-9-11-13-18/h9-13,16H,8,14-15H2,1-7H3/b17-16+. The minimum atomic E-state index is -1.64. The van der Waals surface area contributed by atoms with Gasteiger partial charge < -0.3 is 14.0 Å². The van der Waals surface area contributed by atoms with E-state index in [1.165, 1.54) is 5.19 Å². The van der Waals surface area contributed by atoms with Gasteiger partial charge in [0, 0.05) is 6.08 Å². The van der Waals surface area contributed by atoms with E-state index in [4.69, 9.17) is 14.0 Å². The SMILES string of the molecule is CCOC(=O)/C=C(\CC[Si](C)(C)c1ccccc1)B1OC(C)(C)C(C)(C)O1. The maximum Gasteiger partial charge on any atom is 0.490 e. The van der Waals surface area contributed by atoms with Crippen LogP contribution in [0.1, 0.15) is 41.0 Å². The molecule has 6 heteroatoms. The summed E-state index contributed by atoms with van der Waals surface area (Å²) in [5.41, 5.74) is -0.00104. The topological polar surface area (TPSA) is 44.8 Å². The van der Waals surface area contributed by atoms with Crippen LogP contribution in [0.25, 0.3) is 0 Å². The summed E-state index contributed by atoms with van der Waals surface area (Å²) in [7, 11) is -2.15. The van der Waals surface area contributed by atoms with Crippen LogP contribution in [0.4, 0.5) is 0 Å². The molecule has 0 unspecified atom stereocenters. The molecule has 1 heterocycles. The van der Waals surface area contributed by atoms with Gasteiger partial charge in [0.2, 0.25) is 0 Å². The molecule has 0 amide bonds. The van der Waals surface area contributed by atoms with E-state index in [0.29, 0.717) is 6.61 Å². The summed E-state index contributed by atoms with van der Waals surface area (Å²) < 4.78 is 17.5. The highest BCUT2D eigenvalue weighted by atomic mass is 28.3. The number of ether oxygens (including phenoxy) is 1. The molecule has 1 saturated heterocycles.